The maximum Gasteiger partial charge on any atom is 0.252 e. The molecule has 3 unspecified atom stereocenters. The number of nitrogens with zero attached hydrogens (tertiary/aromatic N) is 2. The molecule has 7 aromatic carbocycles. The fourth-order valence-electron chi connectivity index (χ4n) is 11.4. The Morgan fingerprint density at radius 1 is 0.481 bits per heavy atom. The second kappa shape index (κ2) is 10.6. The fourth-order valence-corrected chi connectivity index (χ4v) is 11.4. The van der Waals surface area contributed by atoms with E-state index < -0.39 is 0 Å². The lowest BCUT2D eigenvalue weighted by atomic mass is 9.33. The van der Waals surface area contributed by atoms with Crippen LogP contribution in [0.25, 0.3) is 22.3 Å². The van der Waals surface area contributed by atoms with Crippen molar-refractivity contribution in [1.29, 1.82) is 0 Å². The summed E-state index contributed by atoms with van der Waals surface area (Å²) in [7, 11) is 0. The largest absolute Gasteiger partial charge is 0.311 e. The molecule has 0 N–H and O–H groups in total. The van der Waals surface area contributed by atoms with Gasteiger partial charge in [0.25, 0.3) is 6.71 Å². The van der Waals surface area contributed by atoms with Crippen molar-refractivity contribution >= 4 is 57.2 Å². The summed E-state index contributed by atoms with van der Waals surface area (Å²) in [5.41, 5.74) is 20.2. The van der Waals surface area contributed by atoms with E-state index in [1.54, 1.807) is 11.1 Å². The van der Waals surface area contributed by atoms with Crippen molar-refractivity contribution in [1.82, 2.24) is 0 Å². The van der Waals surface area contributed by atoms with Crippen molar-refractivity contribution in [2.24, 2.45) is 11.8 Å². The molecule has 2 fully saturated rings. The molecule has 3 atom stereocenters. The number of fused-ring (bicyclic) bond motifs is 12. The van der Waals surface area contributed by atoms with Gasteiger partial charge in [0, 0.05) is 39.5 Å². The van der Waals surface area contributed by atoms with Gasteiger partial charge in [-0.2, -0.15) is 0 Å². The Labute approximate surface area is 306 Å². The van der Waals surface area contributed by atoms with Gasteiger partial charge < -0.3 is 9.80 Å². The van der Waals surface area contributed by atoms with Crippen LogP contribution in [0.5, 0.6) is 0 Å². The highest BCUT2D eigenvalue weighted by Gasteiger charge is 2.56. The zero-order valence-electron chi connectivity index (χ0n) is 29.0. The predicted octanol–water partition coefficient (Wildman–Crippen LogP) is 10.5. The smallest absolute Gasteiger partial charge is 0.252 e. The number of hydrogen-bond acceptors (Lipinski definition) is 2. The number of benzene rings is 7. The van der Waals surface area contributed by atoms with Crippen LogP contribution in [-0.2, 0) is 5.41 Å². The first-order valence-electron chi connectivity index (χ1n) is 19.1. The van der Waals surface area contributed by atoms with Crippen LogP contribution < -0.4 is 26.2 Å². The van der Waals surface area contributed by atoms with Crippen LogP contribution in [0.3, 0.4) is 0 Å². The van der Waals surface area contributed by atoms with E-state index in [1.165, 1.54) is 98.4 Å². The van der Waals surface area contributed by atoms with Crippen molar-refractivity contribution in [3.8, 4) is 22.3 Å². The van der Waals surface area contributed by atoms with Crippen LogP contribution in [0.4, 0.5) is 34.1 Å². The normalized spacial score (nSPS) is 21.1. The molecule has 3 heteroatoms. The van der Waals surface area contributed by atoms with Crippen LogP contribution in [-0.4, -0.2) is 6.71 Å². The maximum atomic E-state index is 2.56. The molecule has 2 aliphatic heterocycles. The summed E-state index contributed by atoms with van der Waals surface area (Å²) < 4.78 is 0. The van der Waals surface area contributed by atoms with E-state index >= 15 is 0 Å². The van der Waals surface area contributed by atoms with Crippen LogP contribution >= 0.6 is 0 Å². The highest BCUT2D eigenvalue weighted by Crippen LogP contribution is 2.66. The molecule has 0 amide bonds. The van der Waals surface area contributed by atoms with E-state index in [0.29, 0.717) is 0 Å². The molecule has 3 aliphatic carbocycles. The number of anilines is 6. The first-order chi connectivity index (χ1) is 25.8. The maximum absolute atomic E-state index is 2.56. The third-order valence-electron chi connectivity index (χ3n) is 13.3. The Hall–Kier alpha value is -5.80. The summed E-state index contributed by atoms with van der Waals surface area (Å²) in [6.07, 6.45) is 5.46. The van der Waals surface area contributed by atoms with Crippen molar-refractivity contribution in [3.63, 3.8) is 0 Å². The fraction of sp³-hybridized carbons (Fsp3) is 0.143. The summed E-state index contributed by atoms with van der Waals surface area (Å²) in [5.74, 6) is 1.62. The van der Waals surface area contributed by atoms with Crippen molar-refractivity contribution in [2.75, 3.05) is 9.80 Å². The highest BCUT2D eigenvalue weighted by molar-refractivity contribution is 7.00. The van der Waals surface area contributed by atoms with Gasteiger partial charge >= 0.3 is 0 Å². The number of para-hydroxylation sites is 2. The monoisotopic (exact) mass is 664 g/mol. The Balaban J connectivity index is 1.09. The first kappa shape index (κ1) is 28.9. The second-order valence-electron chi connectivity index (χ2n) is 15.7. The quantitative estimate of drug-likeness (QED) is 0.174. The molecular weight excluding hydrogens is 627 g/mol. The minimum absolute atomic E-state index is 0.102. The van der Waals surface area contributed by atoms with E-state index in [2.05, 4.69) is 174 Å². The average molecular weight is 665 g/mol. The summed E-state index contributed by atoms with van der Waals surface area (Å²) in [6, 6.07) is 61.8. The van der Waals surface area contributed by atoms with Gasteiger partial charge in [0.05, 0.1) is 0 Å². The third-order valence-corrected chi connectivity index (χ3v) is 13.3. The van der Waals surface area contributed by atoms with Gasteiger partial charge in [-0.1, -0.05) is 122 Å². The SMILES string of the molecule is c1ccc(-c2ccc3c(c2)B2c4ccccc4N(c4ccc5c(c4)-c4ccccc4C54CC5CCC4C5)c4cccc(c42)N3c2ccccc2)cc1. The highest BCUT2D eigenvalue weighted by atomic mass is 15.2. The van der Waals surface area contributed by atoms with E-state index in [9.17, 15) is 0 Å². The lowest BCUT2D eigenvalue weighted by Gasteiger charge is -2.44. The van der Waals surface area contributed by atoms with Gasteiger partial charge in [0.2, 0.25) is 0 Å². The molecule has 0 saturated heterocycles. The molecule has 2 bridgehead atoms. The molecule has 246 valence electrons. The van der Waals surface area contributed by atoms with Crippen LogP contribution in [0.1, 0.15) is 36.8 Å². The topological polar surface area (TPSA) is 6.48 Å². The van der Waals surface area contributed by atoms with Crippen molar-refractivity contribution in [2.45, 2.75) is 31.1 Å². The third kappa shape index (κ3) is 3.76. The van der Waals surface area contributed by atoms with Gasteiger partial charge in [-0.15, -0.1) is 0 Å². The molecule has 5 aliphatic rings. The van der Waals surface area contributed by atoms with Crippen LogP contribution in [0.2, 0.25) is 0 Å². The van der Waals surface area contributed by atoms with Gasteiger partial charge in [-0.25, -0.2) is 0 Å². The Bertz CT molecular complexity index is 2580. The Morgan fingerprint density at radius 2 is 1.17 bits per heavy atom. The van der Waals surface area contributed by atoms with Crippen LogP contribution in [0.15, 0.2) is 164 Å². The van der Waals surface area contributed by atoms with Crippen molar-refractivity contribution in [3.05, 3.63) is 175 Å². The molecule has 2 nitrogen and oxygen atoms in total. The Kier molecular flexibility index (Phi) is 5.89. The van der Waals surface area contributed by atoms with E-state index in [1.807, 2.05) is 0 Å². The van der Waals surface area contributed by atoms with Gasteiger partial charge in [-0.3, -0.25) is 0 Å². The van der Waals surface area contributed by atoms with Gasteiger partial charge in [0.15, 0.2) is 0 Å². The summed E-state index contributed by atoms with van der Waals surface area (Å²) in [6.45, 7) is 0.102. The molecule has 2 heterocycles. The van der Waals surface area contributed by atoms with Crippen molar-refractivity contribution < 1.29 is 0 Å². The minimum Gasteiger partial charge on any atom is -0.311 e. The Morgan fingerprint density at radius 3 is 1.98 bits per heavy atom. The summed E-state index contributed by atoms with van der Waals surface area (Å²) in [4.78, 5) is 5.05. The van der Waals surface area contributed by atoms with E-state index in [-0.39, 0.29) is 12.1 Å². The lowest BCUT2D eigenvalue weighted by Crippen LogP contribution is -2.61. The molecule has 52 heavy (non-hydrogen) atoms. The molecule has 0 aromatic heterocycles. The van der Waals surface area contributed by atoms with Crippen LogP contribution in [0, 0.1) is 11.8 Å². The molecule has 2 saturated carbocycles. The summed E-state index contributed by atoms with van der Waals surface area (Å²) >= 11 is 0. The molecule has 0 radical (unpaired) electrons. The van der Waals surface area contributed by atoms with E-state index in [0.717, 1.165) is 11.8 Å². The second-order valence-corrected chi connectivity index (χ2v) is 15.7. The first-order valence-corrected chi connectivity index (χ1v) is 19.1. The molecular formula is C49H37BN2. The minimum atomic E-state index is 0.102. The molecule has 12 rings (SSSR count). The molecule has 1 spiro atoms. The summed E-state index contributed by atoms with van der Waals surface area (Å²) in [5, 5.41) is 0. The number of hydrogen-bond donors (Lipinski definition) is 0. The standard InChI is InChI=1S/C49H37BN2/c1-3-12-33(13-4-1)34-23-27-45-43(29-34)50-42-18-9-10-19-44(42)52(47-21-11-20-46(48(47)50)51(45)36-14-5-2-6-15-36)37-25-26-41-39(30-37)38-16-7-8-17-40(38)49(41)31-32-22-24-35(49)28-32/h1-21,23,25-27,29-30,32,35H,22,24,28,31H2. The molecule has 7 aromatic rings. The van der Waals surface area contributed by atoms with Gasteiger partial charge in [0.1, 0.15) is 0 Å². The average Bonchev–Trinajstić information content (AvgIpc) is 3.91. The number of rotatable bonds is 3. The van der Waals surface area contributed by atoms with E-state index in [4.69, 9.17) is 0 Å². The zero-order chi connectivity index (χ0) is 34.0. The zero-order valence-corrected chi connectivity index (χ0v) is 29.0. The lowest BCUT2D eigenvalue weighted by molar-refractivity contribution is 0.327. The predicted molar refractivity (Wildman–Crippen MR) is 218 cm³/mol. The van der Waals surface area contributed by atoms with Gasteiger partial charge in [-0.05, 0) is 129 Å².